The van der Waals surface area contributed by atoms with Crippen molar-refractivity contribution in [2.24, 2.45) is 4.99 Å². The summed E-state index contributed by atoms with van der Waals surface area (Å²) in [5.74, 6) is 0.803. The number of carbonyl (C=O) groups excluding carboxylic acids is 1. The molecule has 0 unspecified atom stereocenters. The first kappa shape index (κ1) is 18.5. The first-order valence-electron chi connectivity index (χ1n) is 8.45. The summed E-state index contributed by atoms with van der Waals surface area (Å²) in [6, 6.07) is 20.1. The number of guanidine groups is 1. The zero-order valence-electron chi connectivity index (χ0n) is 14.9. The number of nitrogens with one attached hydrogen (secondary N) is 2. The van der Waals surface area contributed by atoms with Gasteiger partial charge in [0.1, 0.15) is 0 Å². The molecular formula is C20H26N4O. The fraction of sp³-hybridized carbons (Fsp3) is 0.300. The quantitative estimate of drug-likeness (QED) is 0.602. The Morgan fingerprint density at radius 2 is 1.56 bits per heavy atom. The molecule has 0 saturated heterocycles. The monoisotopic (exact) mass is 338 g/mol. The molecule has 2 N–H and O–H groups in total. The van der Waals surface area contributed by atoms with Gasteiger partial charge in [0.2, 0.25) is 5.91 Å². The van der Waals surface area contributed by atoms with Crippen LogP contribution in [0, 0.1) is 0 Å². The molecule has 0 spiro atoms. The minimum Gasteiger partial charge on any atom is -0.356 e. The Balaban J connectivity index is 1.70. The third-order valence-corrected chi connectivity index (χ3v) is 3.85. The van der Waals surface area contributed by atoms with E-state index in [1.807, 2.05) is 55.6 Å². The van der Waals surface area contributed by atoms with Gasteiger partial charge in [-0.3, -0.25) is 9.79 Å². The maximum Gasteiger partial charge on any atom is 0.224 e. The topological polar surface area (TPSA) is 56.7 Å². The highest BCUT2D eigenvalue weighted by Crippen LogP contribution is 2.03. The molecule has 5 nitrogen and oxygen atoms in total. The maximum atomic E-state index is 12.2. The van der Waals surface area contributed by atoms with Crippen molar-refractivity contribution in [1.82, 2.24) is 15.5 Å². The lowest BCUT2D eigenvalue weighted by atomic mass is 10.2. The summed E-state index contributed by atoms with van der Waals surface area (Å²) in [5.41, 5.74) is 2.32. The smallest absolute Gasteiger partial charge is 0.224 e. The Hall–Kier alpha value is -2.82. The number of benzene rings is 2. The number of hydrogen-bond donors (Lipinski definition) is 2. The number of rotatable bonds is 7. The van der Waals surface area contributed by atoms with Crippen LogP contribution in [0.2, 0.25) is 0 Å². The molecular weight excluding hydrogens is 312 g/mol. The lowest BCUT2D eigenvalue weighted by molar-refractivity contribution is -0.130. The molecule has 0 bridgehead atoms. The maximum absolute atomic E-state index is 12.2. The molecule has 0 saturated carbocycles. The largest absolute Gasteiger partial charge is 0.356 e. The van der Waals surface area contributed by atoms with Crippen LogP contribution in [0.3, 0.4) is 0 Å². The fourth-order valence-corrected chi connectivity index (χ4v) is 2.43. The van der Waals surface area contributed by atoms with E-state index >= 15 is 0 Å². The van der Waals surface area contributed by atoms with Gasteiger partial charge in [0.05, 0.1) is 0 Å². The summed E-state index contributed by atoms with van der Waals surface area (Å²) in [6.45, 7) is 1.87. The van der Waals surface area contributed by atoms with E-state index in [1.54, 1.807) is 11.9 Å². The number of hydrogen-bond acceptors (Lipinski definition) is 2. The van der Waals surface area contributed by atoms with Gasteiger partial charge in [0.15, 0.2) is 5.96 Å². The van der Waals surface area contributed by atoms with Crippen LogP contribution in [0.25, 0.3) is 0 Å². The molecule has 132 valence electrons. The molecule has 2 aromatic carbocycles. The van der Waals surface area contributed by atoms with Gasteiger partial charge in [-0.25, -0.2) is 0 Å². The van der Waals surface area contributed by atoms with Crippen molar-refractivity contribution < 1.29 is 4.79 Å². The molecule has 0 heterocycles. The van der Waals surface area contributed by atoms with Gasteiger partial charge < -0.3 is 15.5 Å². The molecule has 0 atom stereocenters. The SMILES string of the molecule is CN=C(NCCC(=O)N(C)Cc1ccccc1)NCc1ccccc1. The number of aliphatic imine (C=N–C) groups is 1. The van der Waals surface area contributed by atoms with E-state index in [0.717, 1.165) is 5.56 Å². The van der Waals surface area contributed by atoms with Gasteiger partial charge in [-0.15, -0.1) is 0 Å². The van der Waals surface area contributed by atoms with Gasteiger partial charge >= 0.3 is 0 Å². The van der Waals surface area contributed by atoms with E-state index in [9.17, 15) is 4.79 Å². The summed E-state index contributed by atoms with van der Waals surface area (Å²) in [6.07, 6.45) is 0.426. The van der Waals surface area contributed by atoms with Crippen molar-refractivity contribution in [2.45, 2.75) is 19.5 Å². The van der Waals surface area contributed by atoms with Crippen LogP contribution in [-0.4, -0.2) is 37.4 Å². The predicted octanol–water partition coefficient (Wildman–Crippen LogP) is 2.40. The highest BCUT2D eigenvalue weighted by molar-refractivity contribution is 5.81. The van der Waals surface area contributed by atoms with Crippen LogP contribution in [0.1, 0.15) is 17.5 Å². The highest BCUT2D eigenvalue weighted by atomic mass is 16.2. The molecule has 2 aromatic rings. The van der Waals surface area contributed by atoms with Crippen LogP contribution in [-0.2, 0) is 17.9 Å². The first-order valence-corrected chi connectivity index (χ1v) is 8.45. The van der Waals surface area contributed by atoms with Crippen LogP contribution in [0.5, 0.6) is 0 Å². The number of amides is 1. The lowest BCUT2D eigenvalue weighted by Gasteiger charge is -2.18. The molecule has 0 aliphatic carbocycles. The third-order valence-electron chi connectivity index (χ3n) is 3.85. The summed E-state index contributed by atoms with van der Waals surface area (Å²) in [7, 11) is 3.56. The van der Waals surface area contributed by atoms with Crippen molar-refractivity contribution in [2.75, 3.05) is 20.6 Å². The summed E-state index contributed by atoms with van der Waals surface area (Å²) >= 11 is 0. The van der Waals surface area contributed by atoms with Crippen LogP contribution in [0.4, 0.5) is 0 Å². The van der Waals surface area contributed by atoms with E-state index in [1.165, 1.54) is 5.56 Å². The van der Waals surface area contributed by atoms with Crippen LogP contribution in [0.15, 0.2) is 65.7 Å². The summed E-state index contributed by atoms with van der Waals surface area (Å²) in [5, 5.41) is 6.42. The Morgan fingerprint density at radius 1 is 0.960 bits per heavy atom. The molecule has 25 heavy (non-hydrogen) atoms. The molecule has 0 fully saturated rings. The van der Waals surface area contributed by atoms with E-state index in [4.69, 9.17) is 0 Å². The van der Waals surface area contributed by atoms with Crippen LogP contribution < -0.4 is 10.6 Å². The average Bonchev–Trinajstić information content (AvgIpc) is 2.66. The fourth-order valence-electron chi connectivity index (χ4n) is 2.43. The zero-order chi connectivity index (χ0) is 17.9. The second kappa shape index (κ2) is 10.1. The number of nitrogens with zero attached hydrogens (tertiary/aromatic N) is 2. The Labute approximate surface area is 149 Å². The normalized spacial score (nSPS) is 11.0. The second-order valence-corrected chi connectivity index (χ2v) is 5.82. The standard InChI is InChI=1S/C20H26N4O/c1-21-20(23-15-17-9-5-3-6-10-17)22-14-13-19(25)24(2)16-18-11-7-4-8-12-18/h3-12H,13-16H2,1-2H3,(H2,21,22,23). The summed E-state index contributed by atoms with van der Waals surface area (Å²) < 4.78 is 0. The molecule has 2 rings (SSSR count). The average molecular weight is 338 g/mol. The van der Waals surface area contributed by atoms with E-state index in [2.05, 4.69) is 27.8 Å². The van der Waals surface area contributed by atoms with E-state index in [0.29, 0.717) is 32.0 Å². The van der Waals surface area contributed by atoms with Crippen molar-refractivity contribution in [1.29, 1.82) is 0 Å². The predicted molar refractivity (Wildman–Crippen MR) is 102 cm³/mol. The van der Waals surface area contributed by atoms with E-state index < -0.39 is 0 Å². The Bertz CT molecular complexity index is 671. The number of carbonyl (C=O) groups is 1. The summed E-state index contributed by atoms with van der Waals surface area (Å²) in [4.78, 5) is 18.2. The van der Waals surface area contributed by atoms with Crippen LogP contribution >= 0.6 is 0 Å². The van der Waals surface area contributed by atoms with Gasteiger partial charge in [-0.05, 0) is 11.1 Å². The van der Waals surface area contributed by atoms with Gasteiger partial charge in [0, 0.05) is 40.2 Å². The molecule has 5 heteroatoms. The van der Waals surface area contributed by atoms with Gasteiger partial charge in [0.25, 0.3) is 0 Å². The molecule has 1 amide bonds. The molecule has 0 aromatic heterocycles. The molecule has 0 aliphatic heterocycles. The third kappa shape index (κ3) is 6.67. The van der Waals surface area contributed by atoms with Crippen molar-refractivity contribution in [3.63, 3.8) is 0 Å². The minimum atomic E-state index is 0.106. The zero-order valence-corrected chi connectivity index (χ0v) is 14.9. The highest BCUT2D eigenvalue weighted by Gasteiger charge is 2.09. The Morgan fingerprint density at radius 3 is 2.16 bits per heavy atom. The minimum absolute atomic E-state index is 0.106. The molecule has 0 radical (unpaired) electrons. The first-order chi connectivity index (χ1) is 12.2. The van der Waals surface area contributed by atoms with Crippen molar-refractivity contribution in [3.05, 3.63) is 71.8 Å². The van der Waals surface area contributed by atoms with Gasteiger partial charge in [-0.2, -0.15) is 0 Å². The second-order valence-electron chi connectivity index (χ2n) is 5.82. The van der Waals surface area contributed by atoms with E-state index in [-0.39, 0.29) is 5.91 Å². The van der Waals surface area contributed by atoms with Crippen molar-refractivity contribution in [3.8, 4) is 0 Å². The van der Waals surface area contributed by atoms with Crippen molar-refractivity contribution >= 4 is 11.9 Å². The van der Waals surface area contributed by atoms with Gasteiger partial charge in [-0.1, -0.05) is 60.7 Å². The lowest BCUT2D eigenvalue weighted by Crippen LogP contribution is -2.39. The molecule has 0 aliphatic rings. The Kier molecular flexibility index (Phi) is 7.50.